The van der Waals surface area contributed by atoms with E-state index in [2.05, 4.69) is 10.6 Å². The first-order valence-corrected chi connectivity index (χ1v) is 4.84. The van der Waals surface area contributed by atoms with Crippen LogP contribution in [0.3, 0.4) is 0 Å². The first-order valence-electron chi connectivity index (χ1n) is 4.84. The molecular weight excluding hydrogens is 195 g/mol. The summed E-state index contributed by atoms with van der Waals surface area (Å²) in [6.45, 7) is 4.29. The molecule has 0 atom stereocenters. The summed E-state index contributed by atoms with van der Waals surface area (Å²) in [6.07, 6.45) is 0. The van der Waals surface area contributed by atoms with Gasteiger partial charge in [-0.25, -0.2) is 4.39 Å². The van der Waals surface area contributed by atoms with E-state index in [1.54, 1.807) is 6.07 Å². The number of anilines is 1. The van der Waals surface area contributed by atoms with Crippen molar-refractivity contribution in [3.8, 4) is 0 Å². The Hall–Kier alpha value is -1.58. The number of hydrogen-bond donors (Lipinski definition) is 2. The maximum absolute atomic E-state index is 13.3. The molecule has 2 N–H and O–H groups in total. The van der Waals surface area contributed by atoms with E-state index in [1.807, 2.05) is 13.0 Å². The number of nitrogens with one attached hydrogen (secondary N) is 2. The smallest absolute Gasteiger partial charge is 0.216 e. The first kappa shape index (κ1) is 11.5. The van der Waals surface area contributed by atoms with Crippen LogP contribution in [0.25, 0.3) is 0 Å². The van der Waals surface area contributed by atoms with Gasteiger partial charge in [0, 0.05) is 20.0 Å². The van der Waals surface area contributed by atoms with Crippen LogP contribution in [-0.2, 0) is 4.79 Å². The Morgan fingerprint density at radius 1 is 1.40 bits per heavy atom. The van der Waals surface area contributed by atoms with Gasteiger partial charge in [-0.05, 0) is 24.6 Å². The van der Waals surface area contributed by atoms with Gasteiger partial charge < -0.3 is 10.6 Å². The highest BCUT2D eigenvalue weighted by Gasteiger charge is 2.00. The molecule has 3 nitrogen and oxygen atoms in total. The van der Waals surface area contributed by atoms with Gasteiger partial charge in [-0.15, -0.1) is 0 Å². The molecule has 1 amide bonds. The van der Waals surface area contributed by atoms with Gasteiger partial charge in [0.05, 0.1) is 5.69 Å². The van der Waals surface area contributed by atoms with Gasteiger partial charge in [-0.2, -0.15) is 0 Å². The minimum absolute atomic E-state index is 0.0822. The predicted octanol–water partition coefficient (Wildman–Crippen LogP) is 1.68. The zero-order chi connectivity index (χ0) is 11.3. The molecular formula is C11H15FN2O. The van der Waals surface area contributed by atoms with Gasteiger partial charge in [0.15, 0.2) is 0 Å². The molecule has 0 fully saturated rings. The summed E-state index contributed by atoms with van der Waals surface area (Å²) < 4.78 is 13.3. The molecule has 0 heterocycles. The van der Waals surface area contributed by atoms with E-state index in [9.17, 15) is 9.18 Å². The van der Waals surface area contributed by atoms with Crippen molar-refractivity contribution >= 4 is 11.6 Å². The molecule has 4 heteroatoms. The van der Waals surface area contributed by atoms with Crippen molar-refractivity contribution in [2.75, 3.05) is 18.4 Å². The molecule has 1 aromatic rings. The van der Waals surface area contributed by atoms with Gasteiger partial charge in [0.1, 0.15) is 5.82 Å². The standard InChI is InChI=1S/C11H15FN2O/c1-8-3-4-11(10(12)7-8)14-6-5-13-9(2)15/h3-4,7,14H,5-6H2,1-2H3,(H,13,15). The third-order valence-corrected chi connectivity index (χ3v) is 1.94. The first-order chi connectivity index (χ1) is 7.09. The summed E-state index contributed by atoms with van der Waals surface area (Å²) in [5, 5.41) is 5.53. The van der Waals surface area contributed by atoms with Crippen molar-refractivity contribution in [3.05, 3.63) is 29.6 Å². The third-order valence-electron chi connectivity index (χ3n) is 1.94. The summed E-state index contributed by atoms with van der Waals surface area (Å²) in [4.78, 5) is 10.6. The maximum Gasteiger partial charge on any atom is 0.216 e. The average molecular weight is 210 g/mol. The van der Waals surface area contributed by atoms with Crippen LogP contribution in [0.5, 0.6) is 0 Å². The number of aryl methyl sites for hydroxylation is 1. The molecule has 0 saturated heterocycles. The van der Waals surface area contributed by atoms with Crippen molar-refractivity contribution in [2.45, 2.75) is 13.8 Å². The van der Waals surface area contributed by atoms with Crippen molar-refractivity contribution in [1.29, 1.82) is 0 Å². The molecule has 1 rings (SSSR count). The van der Waals surface area contributed by atoms with E-state index in [1.165, 1.54) is 13.0 Å². The van der Waals surface area contributed by atoms with Gasteiger partial charge in [0.25, 0.3) is 0 Å². The van der Waals surface area contributed by atoms with Crippen LogP contribution in [0.1, 0.15) is 12.5 Å². The summed E-state index contributed by atoms with van der Waals surface area (Å²) in [7, 11) is 0. The highest BCUT2D eigenvalue weighted by atomic mass is 19.1. The molecule has 0 bridgehead atoms. The fourth-order valence-corrected chi connectivity index (χ4v) is 1.20. The van der Waals surface area contributed by atoms with Crippen molar-refractivity contribution in [1.82, 2.24) is 5.32 Å². The normalized spacial score (nSPS) is 9.80. The van der Waals surface area contributed by atoms with Gasteiger partial charge >= 0.3 is 0 Å². The molecule has 15 heavy (non-hydrogen) atoms. The van der Waals surface area contributed by atoms with Crippen LogP contribution in [0.15, 0.2) is 18.2 Å². The zero-order valence-electron chi connectivity index (χ0n) is 8.93. The molecule has 1 aromatic carbocycles. The molecule has 0 unspecified atom stereocenters. The molecule has 82 valence electrons. The molecule has 0 saturated carbocycles. The van der Waals surface area contributed by atoms with Crippen LogP contribution in [0.4, 0.5) is 10.1 Å². The minimum Gasteiger partial charge on any atom is -0.381 e. The Kier molecular flexibility index (Phi) is 4.09. The topological polar surface area (TPSA) is 41.1 Å². The van der Waals surface area contributed by atoms with Gasteiger partial charge in [0.2, 0.25) is 5.91 Å². The SMILES string of the molecule is CC(=O)NCCNc1ccc(C)cc1F. The second-order valence-corrected chi connectivity index (χ2v) is 3.39. The number of rotatable bonds is 4. The van der Waals surface area contributed by atoms with Crippen LogP contribution in [0.2, 0.25) is 0 Å². The monoisotopic (exact) mass is 210 g/mol. The van der Waals surface area contributed by atoms with E-state index in [0.29, 0.717) is 18.8 Å². The summed E-state index contributed by atoms with van der Waals surface area (Å²) >= 11 is 0. The number of halogens is 1. The number of amides is 1. The number of benzene rings is 1. The van der Waals surface area contributed by atoms with Gasteiger partial charge in [-0.1, -0.05) is 6.07 Å². The van der Waals surface area contributed by atoms with E-state index in [0.717, 1.165) is 5.56 Å². The second-order valence-electron chi connectivity index (χ2n) is 3.39. The Morgan fingerprint density at radius 2 is 2.13 bits per heavy atom. The maximum atomic E-state index is 13.3. The number of carbonyl (C=O) groups is 1. The lowest BCUT2D eigenvalue weighted by Crippen LogP contribution is -2.26. The Labute approximate surface area is 88.7 Å². The molecule has 0 radical (unpaired) electrons. The highest BCUT2D eigenvalue weighted by Crippen LogP contribution is 2.14. The van der Waals surface area contributed by atoms with Crippen LogP contribution in [0, 0.1) is 12.7 Å². The van der Waals surface area contributed by atoms with Crippen LogP contribution in [-0.4, -0.2) is 19.0 Å². The predicted molar refractivity (Wildman–Crippen MR) is 58.3 cm³/mol. The average Bonchev–Trinajstić information content (AvgIpc) is 2.14. The van der Waals surface area contributed by atoms with Crippen molar-refractivity contribution in [3.63, 3.8) is 0 Å². The highest BCUT2D eigenvalue weighted by molar-refractivity contribution is 5.72. The lowest BCUT2D eigenvalue weighted by molar-refractivity contribution is -0.118. The zero-order valence-corrected chi connectivity index (χ0v) is 8.93. The van der Waals surface area contributed by atoms with Crippen molar-refractivity contribution < 1.29 is 9.18 Å². The molecule has 0 aliphatic rings. The largest absolute Gasteiger partial charge is 0.381 e. The third kappa shape index (κ3) is 3.97. The van der Waals surface area contributed by atoms with Crippen LogP contribution < -0.4 is 10.6 Å². The van der Waals surface area contributed by atoms with E-state index in [-0.39, 0.29) is 11.7 Å². The summed E-state index contributed by atoms with van der Waals surface area (Å²) in [5.41, 5.74) is 1.35. The second kappa shape index (κ2) is 5.34. The number of hydrogen-bond acceptors (Lipinski definition) is 2. The van der Waals surface area contributed by atoms with Gasteiger partial charge in [-0.3, -0.25) is 4.79 Å². The lowest BCUT2D eigenvalue weighted by Gasteiger charge is -2.08. The molecule has 0 aliphatic heterocycles. The Bertz CT molecular complexity index is 352. The fraction of sp³-hybridized carbons (Fsp3) is 0.364. The fourth-order valence-electron chi connectivity index (χ4n) is 1.20. The summed E-state index contributed by atoms with van der Waals surface area (Å²) in [5.74, 6) is -0.348. The Balaban J connectivity index is 2.40. The van der Waals surface area contributed by atoms with E-state index < -0.39 is 0 Å². The molecule has 0 aromatic heterocycles. The van der Waals surface area contributed by atoms with Crippen LogP contribution >= 0.6 is 0 Å². The number of carbonyl (C=O) groups excluding carboxylic acids is 1. The molecule has 0 spiro atoms. The minimum atomic E-state index is -0.266. The lowest BCUT2D eigenvalue weighted by atomic mass is 10.2. The quantitative estimate of drug-likeness (QED) is 0.742. The summed E-state index contributed by atoms with van der Waals surface area (Å²) in [6, 6.07) is 5.00. The van der Waals surface area contributed by atoms with E-state index in [4.69, 9.17) is 0 Å². The van der Waals surface area contributed by atoms with E-state index >= 15 is 0 Å². The van der Waals surface area contributed by atoms with Crippen molar-refractivity contribution in [2.24, 2.45) is 0 Å². The Morgan fingerprint density at radius 3 is 2.73 bits per heavy atom. The molecule has 0 aliphatic carbocycles.